The highest BCUT2D eigenvalue weighted by Gasteiger charge is 2.16. The summed E-state index contributed by atoms with van der Waals surface area (Å²) in [4.78, 5) is 16.8. The van der Waals surface area contributed by atoms with Crippen molar-refractivity contribution in [2.75, 3.05) is 5.32 Å². The highest BCUT2D eigenvalue weighted by atomic mass is 16.1. The lowest BCUT2D eigenvalue weighted by Crippen LogP contribution is -2.12. The lowest BCUT2D eigenvalue weighted by atomic mass is 10.2. The molecule has 7 nitrogen and oxygen atoms in total. The van der Waals surface area contributed by atoms with Crippen molar-refractivity contribution in [2.45, 2.75) is 20.4 Å². The van der Waals surface area contributed by atoms with E-state index in [2.05, 4.69) is 20.5 Å². The number of hydrogen-bond acceptors (Lipinski definition) is 4. The van der Waals surface area contributed by atoms with E-state index in [9.17, 15) is 4.79 Å². The minimum Gasteiger partial charge on any atom is -0.321 e. The SMILES string of the molecule is CCn1ncc(-c2ccnc3cc(C(=O)Nc4ccccc4)nn23)c1C. The molecule has 1 amide bonds. The van der Waals surface area contributed by atoms with Gasteiger partial charge in [0, 0.05) is 35.8 Å². The van der Waals surface area contributed by atoms with Crippen LogP contribution in [0.1, 0.15) is 23.1 Å². The largest absolute Gasteiger partial charge is 0.321 e. The Morgan fingerprint density at radius 1 is 1.19 bits per heavy atom. The van der Waals surface area contributed by atoms with E-state index in [1.807, 2.05) is 61.1 Å². The summed E-state index contributed by atoms with van der Waals surface area (Å²) in [6.45, 7) is 4.86. The second kappa shape index (κ2) is 6.44. The molecule has 1 N–H and O–H groups in total. The summed E-state index contributed by atoms with van der Waals surface area (Å²) < 4.78 is 3.61. The Morgan fingerprint density at radius 2 is 2.00 bits per heavy atom. The molecule has 1 aromatic carbocycles. The predicted octanol–water partition coefficient (Wildman–Crippen LogP) is 3.17. The van der Waals surface area contributed by atoms with E-state index in [1.54, 1.807) is 16.8 Å². The minimum absolute atomic E-state index is 0.270. The fourth-order valence-corrected chi connectivity index (χ4v) is 2.94. The molecular formula is C19H18N6O. The second-order valence-electron chi connectivity index (χ2n) is 5.91. The quantitative estimate of drug-likeness (QED) is 0.616. The van der Waals surface area contributed by atoms with E-state index in [0.29, 0.717) is 11.3 Å². The van der Waals surface area contributed by atoms with E-state index >= 15 is 0 Å². The molecule has 0 radical (unpaired) electrons. The number of aromatic nitrogens is 5. The van der Waals surface area contributed by atoms with Gasteiger partial charge in [-0.2, -0.15) is 10.2 Å². The van der Waals surface area contributed by atoms with E-state index < -0.39 is 0 Å². The van der Waals surface area contributed by atoms with Crippen LogP contribution < -0.4 is 5.32 Å². The molecule has 0 spiro atoms. The molecule has 0 unspecified atom stereocenters. The molecule has 7 heteroatoms. The Balaban J connectivity index is 1.74. The number of aryl methyl sites for hydroxylation is 1. The Bertz CT molecular complexity index is 1080. The van der Waals surface area contributed by atoms with Gasteiger partial charge in [-0.1, -0.05) is 18.2 Å². The molecule has 0 saturated heterocycles. The van der Waals surface area contributed by atoms with Crippen LogP contribution in [0.4, 0.5) is 5.69 Å². The molecule has 0 aliphatic heterocycles. The molecule has 0 aliphatic carbocycles. The lowest BCUT2D eigenvalue weighted by Gasteiger charge is -2.05. The number of fused-ring (bicyclic) bond motifs is 1. The molecule has 0 saturated carbocycles. The lowest BCUT2D eigenvalue weighted by molar-refractivity contribution is 0.102. The fourth-order valence-electron chi connectivity index (χ4n) is 2.94. The zero-order valence-corrected chi connectivity index (χ0v) is 14.5. The summed E-state index contributed by atoms with van der Waals surface area (Å²) in [5.74, 6) is -0.270. The van der Waals surface area contributed by atoms with E-state index in [0.717, 1.165) is 29.2 Å². The Labute approximate surface area is 150 Å². The van der Waals surface area contributed by atoms with Gasteiger partial charge in [0.05, 0.1) is 11.9 Å². The standard InChI is InChI=1S/C19H18N6O/c1-3-24-13(2)15(12-21-24)17-9-10-20-18-11-16(23-25(17)18)19(26)22-14-7-5-4-6-8-14/h4-12H,3H2,1-2H3,(H,22,26). The number of anilines is 1. The van der Waals surface area contributed by atoms with Crippen molar-refractivity contribution in [1.29, 1.82) is 0 Å². The second-order valence-corrected chi connectivity index (χ2v) is 5.91. The van der Waals surface area contributed by atoms with Crippen molar-refractivity contribution < 1.29 is 4.79 Å². The molecule has 0 aliphatic rings. The minimum atomic E-state index is -0.270. The number of rotatable bonds is 4. The molecule has 3 aromatic heterocycles. The van der Waals surface area contributed by atoms with Crippen LogP contribution >= 0.6 is 0 Å². The number of benzene rings is 1. The van der Waals surface area contributed by atoms with E-state index in [1.165, 1.54) is 0 Å². The summed E-state index contributed by atoms with van der Waals surface area (Å²) in [6, 6.07) is 12.9. The Morgan fingerprint density at radius 3 is 2.73 bits per heavy atom. The number of nitrogens with one attached hydrogen (secondary N) is 1. The molecule has 3 heterocycles. The van der Waals surface area contributed by atoms with Gasteiger partial charge in [0.2, 0.25) is 0 Å². The summed E-state index contributed by atoms with van der Waals surface area (Å²) in [7, 11) is 0. The van der Waals surface area contributed by atoms with Gasteiger partial charge >= 0.3 is 0 Å². The molecule has 130 valence electrons. The number of hydrogen-bond donors (Lipinski definition) is 1. The zero-order chi connectivity index (χ0) is 18.1. The molecular weight excluding hydrogens is 328 g/mol. The van der Waals surface area contributed by atoms with Crippen molar-refractivity contribution >= 4 is 17.2 Å². The summed E-state index contributed by atoms with van der Waals surface area (Å²) in [5, 5.41) is 11.7. The van der Waals surface area contributed by atoms with Gasteiger partial charge in [-0.15, -0.1) is 0 Å². The van der Waals surface area contributed by atoms with Crippen LogP contribution in [0, 0.1) is 6.92 Å². The summed E-state index contributed by atoms with van der Waals surface area (Å²) in [6.07, 6.45) is 3.53. The zero-order valence-electron chi connectivity index (χ0n) is 14.5. The predicted molar refractivity (Wildman–Crippen MR) is 99.0 cm³/mol. The number of para-hydroxylation sites is 1. The van der Waals surface area contributed by atoms with Crippen LogP contribution in [0.2, 0.25) is 0 Å². The number of carbonyl (C=O) groups is 1. The highest BCUT2D eigenvalue weighted by molar-refractivity contribution is 6.03. The topological polar surface area (TPSA) is 77.1 Å². The maximum absolute atomic E-state index is 12.5. The van der Waals surface area contributed by atoms with Crippen LogP contribution in [0.5, 0.6) is 0 Å². The van der Waals surface area contributed by atoms with Gasteiger partial charge in [-0.3, -0.25) is 9.48 Å². The molecule has 26 heavy (non-hydrogen) atoms. The molecule has 0 atom stereocenters. The van der Waals surface area contributed by atoms with Crippen molar-refractivity contribution in [1.82, 2.24) is 24.4 Å². The molecule has 4 aromatic rings. The Hall–Kier alpha value is -3.48. The van der Waals surface area contributed by atoms with Crippen LogP contribution in [-0.2, 0) is 6.54 Å². The monoisotopic (exact) mass is 346 g/mol. The molecule has 0 fully saturated rings. The van der Waals surface area contributed by atoms with Crippen LogP contribution in [0.15, 0.2) is 54.9 Å². The van der Waals surface area contributed by atoms with Crippen molar-refractivity contribution in [3.8, 4) is 11.3 Å². The van der Waals surface area contributed by atoms with Crippen LogP contribution in [-0.4, -0.2) is 30.3 Å². The van der Waals surface area contributed by atoms with E-state index in [4.69, 9.17) is 0 Å². The highest BCUT2D eigenvalue weighted by Crippen LogP contribution is 2.23. The summed E-state index contributed by atoms with van der Waals surface area (Å²) >= 11 is 0. The van der Waals surface area contributed by atoms with Gasteiger partial charge in [-0.25, -0.2) is 9.50 Å². The van der Waals surface area contributed by atoms with Gasteiger partial charge in [0.1, 0.15) is 0 Å². The number of amides is 1. The van der Waals surface area contributed by atoms with E-state index in [-0.39, 0.29) is 5.91 Å². The third-order valence-electron chi connectivity index (χ3n) is 4.30. The van der Waals surface area contributed by atoms with Crippen LogP contribution in [0.25, 0.3) is 16.9 Å². The third kappa shape index (κ3) is 2.73. The smallest absolute Gasteiger partial charge is 0.276 e. The summed E-state index contributed by atoms with van der Waals surface area (Å²) in [5.41, 5.74) is 4.52. The average Bonchev–Trinajstić information content (AvgIpc) is 3.26. The van der Waals surface area contributed by atoms with Gasteiger partial charge in [-0.05, 0) is 32.0 Å². The maximum Gasteiger partial charge on any atom is 0.276 e. The van der Waals surface area contributed by atoms with Gasteiger partial charge in [0.25, 0.3) is 5.91 Å². The first-order valence-electron chi connectivity index (χ1n) is 8.41. The first kappa shape index (κ1) is 16.0. The van der Waals surface area contributed by atoms with Crippen molar-refractivity contribution in [2.24, 2.45) is 0 Å². The third-order valence-corrected chi connectivity index (χ3v) is 4.30. The normalized spacial score (nSPS) is 11.0. The first-order valence-corrected chi connectivity index (χ1v) is 8.41. The van der Waals surface area contributed by atoms with Crippen molar-refractivity contribution in [3.63, 3.8) is 0 Å². The fraction of sp³-hybridized carbons (Fsp3) is 0.158. The van der Waals surface area contributed by atoms with Crippen LogP contribution in [0.3, 0.4) is 0 Å². The van der Waals surface area contributed by atoms with Gasteiger partial charge < -0.3 is 5.32 Å². The maximum atomic E-state index is 12.5. The molecule has 0 bridgehead atoms. The first-order chi connectivity index (χ1) is 12.7. The number of nitrogens with zero attached hydrogens (tertiary/aromatic N) is 5. The molecule has 4 rings (SSSR count). The average molecular weight is 346 g/mol. The van der Waals surface area contributed by atoms with Crippen molar-refractivity contribution in [3.05, 3.63) is 66.2 Å². The Kier molecular flexibility index (Phi) is 3.96. The number of carbonyl (C=O) groups excluding carboxylic acids is 1. The van der Waals surface area contributed by atoms with Gasteiger partial charge in [0.15, 0.2) is 11.3 Å².